The van der Waals surface area contributed by atoms with E-state index in [2.05, 4.69) is 21.9 Å². The van der Waals surface area contributed by atoms with Crippen LogP contribution in [0.5, 0.6) is 0 Å². The van der Waals surface area contributed by atoms with Gasteiger partial charge in [0.2, 0.25) is 5.91 Å². The Labute approximate surface area is 144 Å². The molecule has 4 heteroatoms. The molecule has 126 valence electrons. The molecule has 0 N–H and O–H groups in total. The summed E-state index contributed by atoms with van der Waals surface area (Å²) < 4.78 is 0. The zero-order valence-electron chi connectivity index (χ0n) is 13.8. The van der Waals surface area contributed by atoms with E-state index in [4.69, 9.17) is 11.6 Å². The lowest BCUT2D eigenvalue weighted by Crippen LogP contribution is -2.44. The van der Waals surface area contributed by atoms with Crippen LogP contribution < -0.4 is 0 Å². The number of hydrogen-bond acceptors (Lipinski definition) is 2. The van der Waals surface area contributed by atoms with Gasteiger partial charge in [-0.05, 0) is 49.9 Å². The van der Waals surface area contributed by atoms with Crippen molar-refractivity contribution in [2.45, 2.75) is 45.1 Å². The van der Waals surface area contributed by atoms with Crippen molar-refractivity contribution < 1.29 is 4.79 Å². The van der Waals surface area contributed by atoms with Crippen LogP contribution in [0.1, 0.15) is 44.1 Å². The van der Waals surface area contributed by atoms with Crippen molar-refractivity contribution >= 4 is 17.5 Å². The largest absolute Gasteiger partial charge is 0.342 e. The fourth-order valence-electron chi connectivity index (χ4n) is 3.80. The highest BCUT2D eigenvalue weighted by Crippen LogP contribution is 2.22. The number of halogens is 1. The third kappa shape index (κ3) is 4.71. The third-order valence-corrected chi connectivity index (χ3v) is 5.34. The highest BCUT2D eigenvalue weighted by molar-refractivity contribution is 6.30. The SMILES string of the molecule is O=C([C@@H]1CCCN(Cc2ccc(Cl)cc2)C1)N1CCCCCC1. The summed E-state index contributed by atoms with van der Waals surface area (Å²) in [4.78, 5) is 17.4. The lowest BCUT2D eigenvalue weighted by atomic mass is 9.96. The van der Waals surface area contributed by atoms with Crippen LogP contribution in [-0.4, -0.2) is 41.9 Å². The van der Waals surface area contributed by atoms with Gasteiger partial charge in [-0.2, -0.15) is 0 Å². The second-order valence-electron chi connectivity index (χ2n) is 6.94. The number of rotatable bonds is 3. The van der Waals surface area contributed by atoms with Gasteiger partial charge in [0.1, 0.15) is 0 Å². The fraction of sp³-hybridized carbons (Fsp3) is 0.632. The first-order chi connectivity index (χ1) is 11.2. The van der Waals surface area contributed by atoms with Crippen molar-refractivity contribution in [3.63, 3.8) is 0 Å². The van der Waals surface area contributed by atoms with E-state index < -0.39 is 0 Å². The molecule has 1 aromatic rings. The molecule has 0 saturated carbocycles. The van der Waals surface area contributed by atoms with Gasteiger partial charge in [-0.3, -0.25) is 9.69 Å². The zero-order valence-corrected chi connectivity index (χ0v) is 14.6. The Hall–Kier alpha value is -1.06. The van der Waals surface area contributed by atoms with E-state index in [1.165, 1.54) is 31.2 Å². The first kappa shape index (κ1) is 16.8. The average molecular weight is 335 g/mol. The number of benzene rings is 1. The minimum Gasteiger partial charge on any atom is -0.342 e. The molecule has 0 aromatic heterocycles. The van der Waals surface area contributed by atoms with E-state index in [1.807, 2.05) is 12.1 Å². The third-order valence-electron chi connectivity index (χ3n) is 5.09. The number of hydrogen-bond donors (Lipinski definition) is 0. The van der Waals surface area contributed by atoms with Gasteiger partial charge in [-0.1, -0.05) is 36.6 Å². The number of piperidine rings is 1. The van der Waals surface area contributed by atoms with E-state index in [-0.39, 0.29) is 5.92 Å². The summed E-state index contributed by atoms with van der Waals surface area (Å²) in [5, 5.41) is 0.779. The molecule has 0 bridgehead atoms. The average Bonchev–Trinajstić information content (AvgIpc) is 2.86. The van der Waals surface area contributed by atoms with Crippen molar-refractivity contribution in [1.29, 1.82) is 0 Å². The second kappa shape index (κ2) is 8.16. The molecule has 2 aliphatic heterocycles. The molecule has 3 rings (SSSR count). The molecule has 0 aliphatic carbocycles. The number of nitrogens with zero attached hydrogens (tertiary/aromatic N) is 2. The van der Waals surface area contributed by atoms with Crippen LogP contribution in [-0.2, 0) is 11.3 Å². The highest BCUT2D eigenvalue weighted by Gasteiger charge is 2.29. The first-order valence-corrected chi connectivity index (χ1v) is 9.36. The molecule has 2 heterocycles. The molecule has 1 atom stereocenters. The standard InChI is InChI=1S/C19H27ClN2O/c20-18-9-7-16(8-10-18)14-21-11-5-6-17(15-21)19(23)22-12-3-1-2-4-13-22/h7-10,17H,1-6,11-15H2/t17-/m1/s1. The molecule has 2 fully saturated rings. The van der Waals surface area contributed by atoms with Gasteiger partial charge in [0.15, 0.2) is 0 Å². The smallest absolute Gasteiger partial charge is 0.226 e. The monoisotopic (exact) mass is 334 g/mol. The Morgan fingerprint density at radius 2 is 1.70 bits per heavy atom. The molecule has 0 radical (unpaired) electrons. The van der Waals surface area contributed by atoms with Gasteiger partial charge in [0, 0.05) is 31.2 Å². The predicted octanol–water partition coefficient (Wildman–Crippen LogP) is 3.95. The lowest BCUT2D eigenvalue weighted by molar-refractivity contribution is -0.137. The maximum Gasteiger partial charge on any atom is 0.226 e. The summed E-state index contributed by atoms with van der Waals surface area (Å²) in [5.74, 6) is 0.585. The Balaban J connectivity index is 1.56. The van der Waals surface area contributed by atoms with Crippen LogP contribution in [0.3, 0.4) is 0 Å². The van der Waals surface area contributed by atoms with E-state index in [0.717, 1.165) is 50.6 Å². The predicted molar refractivity (Wildman–Crippen MR) is 94.5 cm³/mol. The van der Waals surface area contributed by atoms with Gasteiger partial charge >= 0.3 is 0 Å². The first-order valence-electron chi connectivity index (χ1n) is 8.98. The van der Waals surface area contributed by atoms with E-state index >= 15 is 0 Å². The maximum atomic E-state index is 12.8. The van der Waals surface area contributed by atoms with Crippen LogP contribution in [0.15, 0.2) is 24.3 Å². The summed E-state index contributed by atoms with van der Waals surface area (Å²) in [5.41, 5.74) is 1.28. The molecule has 0 unspecified atom stereocenters. The summed E-state index contributed by atoms with van der Waals surface area (Å²) in [6.07, 6.45) is 7.07. The quantitative estimate of drug-likeness (QED) is 0.835. The van der Waals surface area contributed by atoms with E-state index in [0.29, 0.717) is 5.91 Å². The topological polar surface area (TPSA) is 23.6 Å². The normalized spacial score (nSPS) is 23.5. The number of likely N-dealkylation sites (tertiary alicyclic amines) is 2. The molecule has 1 aromatic carbocycles. The van der Waals surface area contributed by atoms with Crippen molar-refractivity contribution in [2.75, 3.05) is 26.2 Å². The van der Waals surface area contributed by atoms with Crippen molar-refractivity contribution in [3.05, 3.63) is 34.9 Å². The minimum atomic E-state index is 0.189. The van der Waals surface area contributed by atoms with Gasteiger partial charge in [0.25, 0.3) is 0 Å². The summed E-state index contributed by atoms with van der Waals surface area (Å²) >= 11 is 5.95. The minimum absolute atomic E-state index is 0.189. The molecule has 0 spiro atoms. The Morgan fingerprint density at radius 3 is 2.39 bits per heavy atom. The molecule has 1 amide bonds. The summed E-state index contributed by atoms with van der Waals surface area (Å²) in [7, 11) is 0. The summed E-state index contributed by atoms with van der Waals surface area (Å²) in [6.45, 7) is 4.84. The lowest BCUT2D eigenvalue weighted by Gasteiger charge is -2.34. The maximum absolute atomic E-state index is 12.8. The van der Waals surface area contributed by atoms with Gasteiger partial charge in [0.05, 0.1) is 5.92 Å². The molecular weight excluding hydrogens is 308 g/mol. The van der Waals surface area contributed by atoms with Gasteiger partial charge in [-0.25, -0.2) is 0 Å². The van der Waals surface area contributed by atoms with Crippen LogP contribution in [0, 0.1) is 5.92 Å². The molecular formula is C19H27ClN2O. The Bertz CT molecular complexity index is 509. The fourth-order valence-corrected chi connectivity index (χ4v) is 3.92. The molecule has 3 nitrogen and oxygen atoms in total. The number of carbonyl (C=O) groups is 1. The Kier molecular flexibility index (Phi) is 5.96. The molecule has 23 heavy (non-hydrogen) atoms. The van der Waals surface area contributed by atoms with Crippen molar-refractivity contribution in [3.8, 4) is 0 Å². The van der Waals surface area contributed by atoms with Crippen molar-refractivity contribution in [1.82, 2.24) is 9.80 Å². The highest BCUT2D eigenvalue weighted by atomic mass is 35.5. The molecule has 2 aliphatic rings. The second-order valence-corrected chi connectivity index (χ2v) is 7.38. The van der Waals surface area contributed by atoms with E-state index in [9.17, 15) is 4.79 Å². The van der Waals surface area contributed by atoms with Crippen LogP contribution in [0.2, 0.25) is 5.02 Å². The van der Waals surface area contributed by atoms with Crippen LogP contribution >= 0.6 is 11.6 Å². The van der Waals surface area contributed by atoms with Gasteiger partial charge < -0.3 is 4.90 Å². The summed E-state index contributed by atoms with van der Waals surface area (Å²) in [6, 6.07) is 8.06. The van der Waals surface area contributed by atoms with Gasteiger partial charge in [-0.15, -0.1) is 0 Å². The van der Waals surface area contributed by atoms with Crippen LogP contribution in [0.4, 0.5) is 0 Å². The molecule has 2 saturated heterocycles. The number of amides is 1. The van der Waals surface area contributed by atoms with Crippen LogP contribution in [0.25, 0.3) is 0 Å². The number of carbonyl (C=O) groups excluding carboxylic acids is 1. The van der Waals surface area contributed by atoms with E-state index in [1.54, 1.807) is 0 Å². The zero-order chi connectivity index (χ0) is 16.1. The Morgan fingerprint density at radius 1 is 1.00 bits per heavy atom. The van der Waals surface area contributed by atoms with Crippen molar-refractivity contribution in [2.24, 2.45) is 5.92 Å².